The number of nitrogens with one attached hydrogen (secondary N) is 1. The molecule has 0 aliphatic heterocycles. The lowest BCUT2D eigenvalue weighted by atomic mass is 10.1. The number of thiazole rings is 1. The van der Waals surface area contributed by atoms with Crippen LogP contribution in [-0.2, 0) is 6.42 Å². The van der Waals surface area contributed by atoms with E-state index >= 15 is 0 Å². The number of hydrogen-bond acceptors (Lipinski definition) is 4. The quantitative estimate of drug-likeness (QED) is 0.874. The molecular formula is C13H13FN2O2S. The molecule has 0 fully saturated rings. The van der Waals surface area contributed by atoms with Crippen molar-refractivity contribution in [3.05, 3.63) is 51.7 Å². The van der Waals surface area contributed by atoms with Crippen molar-refractivity contribution in [2.24, 2.45) is 0 Å². The molecule has 6 heteroatoms. The van der Waals surface area contributed by atoms with E-state index in [1.807, 2.05) is 0 Å². The van der Waals surface area contributed by atoms with Crippen LogP contribution in [0.4, 0.5) is 4.39 Å². The van der Waals surface area contributed by atoms with Gasteiger partial charge in [0.1, 0.15) is 11.5 Å². The zero-order chi connectivity index (χ0) is 13.7. The van der Waals surface area contributed by atoms with Gasteiger partial charge in [-0.25, -0.2) is 9.37 Å². The topological polar surface area (TPSA) is 62.2 Å². The SMILES string of the molecule is O=C(NCCO)c1csc(Cc2ccccc2F)n1. The first-order valence-electron chi connectivity index (χ1n) is 5.77. The monoisotopic (exact) mass is 280 g/mol. The summed E-state index contributed by atoms with van der Waals surface area (Å²) in [5.41, 5.74) is 0.851. The van der Waals surface area contributed by atoms with E-state index in [0.29, 0.717) is 22.7 Å². The van der Waals surface area contributed by atoms with Crippen molar-refractivity contribution >= 4 is 17.2 Å². The number of benzene rings is 1. The summed E-state index contributed by atoms with van der Waals surface area (Å²) >= 11 is 1.31. The van der Waals surface area contributed by atoms with Crippen LogP contribution in [0.15, 0.2) is 29.6 Å². The van der Waals surface area contributed by atoms with Crippen LogP contribution in [0.2, 0.25) is 0 Å². The molecule has 0 atom stereocenters. The zero-order valence-electron chi connectivity index (χ0n) is 10.1. The maximum atomic E-state index is 13.5. The van der Waals surface area contributed by atoms with Crippen LogP contribution >= 0.6 is 11.3 Å². The van der Waals surface area contributed by atoms with Gasteiger partial charge in [0.2, 0.25) is 0 Å². The largest absolute Gasteiger partial charge is 0.395 e. The summed E-state index contributed by atoms with van der Waals surface area (Å²) in [5, 5.41) is 13.4. The average Bonchev–Trinajstić information content (AvgIpc) is 2.87. The summed E-state index contributed by atoms with van der Waals surface area (Å²) in [6, 6.07) is 6.50. The molecule has 0 radical (unpaired) electrons. The molecule has 19 heavy (non-hydrogen) atoms. The Labute approximate surface area is 113 Å². The van der Waals surface area contributed by atoms with Gasteiger partial charge < -0.3 is 10.4 Å². The molecule has 100 valence electrons. The molecule has 2 aromatic rings. The molecule has 0 saturated heterocycles. The fraction of sp³-hybridized carbons (Fsp3) is 0.231. The average molecular weight is 280 g/mol. The van der Waals surface area contributed by atoms with Gasteiger partial charge >= 0.3 is 0 Å². The molecule has 0 aliphatic rings. The summed E-state index contributed by atoms with van der Waals surface area (Å²) in [4.78, 5) is 15.7. The van der Waals surface area contributed by atoms with E-state index < -0.39 is 0 Å². The number of nitrogens with zero attached hydrogens (tertiary/aromatic N) is 1. The molecule has 1 aromatic carbocycles. The molecule has 2 rings (SSSR count). The molecule has 1 aromatic heterocycles. The van der Waals surface area contributed by atoms with Crippen molar-refractivity contribution in [2.75, 3.05) is 13.2 Å². The second-order valence-corrected chi connectivity index (χ2v) is 4.82. The summed E-state index contributed by atoms with van der Waals surface area (Å²) in [6.45, 7) is 0.0803. The first-order valence-corrected chi connectivity index (χ1v) is 6.65. The molecule has 0 spiro atoms. The van der Waals surface area contributed by atoms with Crippen LogP contribution in [0.1, 0.15) is 21.1 Å². The highest BCUT2D eigenvalue weighted by atomic mass is 32.1. The first-order chi connectivity index (χ1) is 9.20. The van der Waals surface area contributed by atoms with E-state index in [9.17, 15) is 9.18 Å². The third kappa shape index (κ3) is 3.59. The number of carbonyl (C=O) groups is 1. The van der Waals surface area contributed by atoms with E-state index in [0.717, 1.165) is 0 Å². The predicted octanol–water partition coefficient (Wildman–Crippen LogP) is 1.60. The molecule has 0 unspecified atom stereocenters. The van der Waals surface area contributed by atoms with E-state index in [1.54, 1.807) is 23.6 Å². The van der Waals surface area contributed by atoms with E-state index in [2.05, 4.69) is 10.3 Å². The molecule has 1 heterocycles. The molecule has 0 bridgehead atoms. The first kappa shape index (κ1) is 13.6. The minimum atomic E-state index is -0.329. The van der Waals surface area contributed by atoms with Crippen LogP contribution in [0, 0.1) is 5.82 Å². The lowest BCUT2D eigenvalue weighted by molar-refractivity contribution is 0.0940. The zero-order valence-corrected chi connectivity index (χ0v) is 10.9. The lowest BCUT2D eigenvalue weighted by Gasteiger charge is -2.00. The van der Waals surface area contributed by atoms with Gasteiger partial charge in [-0.3, -0.25) is 4.79 Å². The second-order valence-electron chi connectivity index (χ2n) is 3.87. The molecule has 2 N–H and O–H groups in total. The van der Waals surface area contributed by atoms with E-state index in [1.165, 1.54) is 17.4 Å². The third-order valence-corrected chi connectivity index (χ3v) is 3.33. The highest BCUT2D eigenvalue weighted by Gasteiger charge is 2.11. The fourth-order valence-corrected chi connectivity index (χ4v) is 2.36. The Hall–Kier alpha value is -1.79. The summed E-state index contributed by atoms with van der Waals surface area (Å²) in [6.07, 6.45) is 0.366. The van der Waals surface area contributed by atoms with Crippen molar-refractivity contribution < 1.29 is 14.3 Å². The van der Waals surface area contributed by atoms with Crippen molar-refractivity contribution in [2.45, 2.75) is 6.42 Å². The molecule has 4 nitrogen and oxygen atoms in total. The maximum Gasteiger partial charge on any atom is 0.270 e. The smallest absolute Gasteiger partial charge is 0.270 e. The summed E-state index contributed by atoms with van der Waals surface area (Å²) in [5.74, 6) is -0.603. The Bertz CT molecular complexity index is 571. The Morgan fingerprint density at radius 3 is 2.95 bits per heavy atom. The van der Waals surface area contributed by atoms with Gasteiger partial charge in [-0.2, -0.15) is 0 Å². The normalized spacial score (nSPS) is 10.4. The Balaban J connectivity index is 2.05. The number of amides is 1. The minimum absolute atomic E-state index is 0.113. The molecule has 0 aliphatic carbocycles. The standard InChI is InChI=1S/C13H13FN2O2S/c14-10-4-2-1-3-9(10)7-12-16-11(8-19-12)13(18)15-5-6-17/h1-4,8,17H,5-7H2,(H,15,18). The lowest BCUT2D eigenvalue weighted by Crippen LogP contribution is -2.26. The van der Waals surface area contributed by atoms with Crippen molar-refractivity contribution in [1.82, 2.24) is 10.3 Å². The van der Waals surface area contributed by atoms with Gasteiger partial charge in [-0.05, 0) is 11.6 Å². The molecule has 0 saturated carbocycles. The van der Waals surface area contributed by atoms with Gasteiger partial charge in [0.05, 0.1) is 11.6 Å². The van der Waals surface area contributed by atoms with Crippen molar-refractivity contribution in [3.8, 4) is 0 Å². The van der Waals surface area contributed by atoms with Crippen LogP contribution < -0.4 is 5.32 Å². The number of halogens is 1. The van der Waals surface area contributed by atoms with Crippen molar-refractivity contribution in [3.63, 3.8) is 0 Å². The third-order valence-electron chi connectivity index (χ3n) is 2.48. The van der Waals surface area contributed by atoms with Gasteiger partial charge in [0.25, 0.3) is 5.91 Å². The van der Waals surface area contributed by atoms with Crippen molar-refractivity contribution in [1.29, 1.82) is 0 Å². The Morgan fingerprint density at radius 2 is 2.21 bits per heavy atom. The van der Waals surface area contributed by atoms with Crippen LogP contribution in [-0.4, -0.2) is 29.1 Å². The Morgan fingerprint density at radius 1 is 1.42 bits per heavy atom. The number of carbonyl (C=O) groups excluding carboxylic acids is 1. The fourth-order valence-electron chi connectivity index (χ4n) is 1.56. The summed E-state index contributed by atoms with van der Waals surface area (Å²) < 4.78 is 13.5. The van der Waals surface area contributed by atoms with Gasteiger partial charge in [-0.15, -0.1) is 11.3 Å². The number of rotatable bonds is 5. The molecule has 1 amide bonds. The number of aromatic nitrogens is 1. The highest BCUT2D eigenvalue weighted by molar-refractivity contribution is 7.09. The van der Waals surface area contributed by atoms with Crippen LogP contribution in [0.5, 0.6) is 0 Å². The van der Waals surface area contributed by atoms with Crippen LogP contribution in [0.25, 0.3) is 0 Å². The maximum absolute atomic E-state index is 13.5. The molecular weight excluding hydrogens is 267 g/mol. The minimum Gasteiger partial charge on any atom is -0.395 e. The summed E-state index contributed by atoms with van der Waals surface area (Å²) in [7, 11) is 0. The van der Waals surface area contributed by atoms with Gasteiger partial charge in [-0.1, -0.05) is 18.2 Å². The second kappa shape index (κ2) is 6.40. The number of aliphatic hydroxyl groups excluding tert-OH is 1. The Kier molecular flexibility index (Phi) is 4.59. The van der Waals surface area contributed by atoms with Crippen LogP contribution in [0.3, 0.4) is 0 Å². The number of hydrogen-bond donors (Lipinski definition) is 2. The highest BCUT2D eigenvalue weighted by Crippen LogP contribution is 2.16. The van der Waals surface area contributed by atoms with E-state index in [4.69, 9.17) is 5.11 Å². The predicted molar refractivity (Wildman–Crippen MR) is 70.7 cm³/mol. The van der Waals surface area contributed by atoms with E-state index in [-0.39, 0.29) is 24.9 Å². The van der Waals surface area contributed by atoms with Gasteiger partial charge in [0, 0.05) is 18.3 Å². The van der Waals surface area contributed by atoms with Gasteiger partial charge in [0.15, 0.2) is 0 Å². The number of aliphatic hydroxyl groups is 1.